The molecule has 1 aromatic rings. The van der Waals surface area contributed by atoms with Crippen LogP contribution in [-0.4, -0.2) is 12.7 Å². The Labute approximate surface area is 98.0 Å². The van der Waals surface area contributed by atoms with Crippen molar-refractivity contribution in [2.75, 3.05) is 6.61 Å². The molecule has 3 N–H and O–H groups in total. The molecule has 90 valence electrons. The predicted octanol–water partition coefficient (Wildman–Crippen LogP) is 2.23. The average molecular weight is 222 g/mol. The number of nitrogens with two attached hydrogens (primary N) is 1. The molecule has 0 saturated carbocycles. The Bertz CT molecular complexity index is 316. The fraction of sp³-hybridized carbons (Fsp3) is 0.538. The van der Waals surface area contributed by atoms with Gasteiger partial charge in [0.25, 0.3) is 0 Å². The van der Waals surface area contributed by atoms with E-state index in [0.29, 0.717) is 6.61 Å². The topological polar surface area (TPSA) is 47.3 Å². The van der Waals surface area contributed by atoms with E-state index >= 15 is 0 Å². The minimum atomic E-state index is 0.0589. The molecule has 0 fully saturated rings. The molecule has 1 unspecified atom stereocenters. The molecule has 3 nitrogen and oxygen atoms in total. The summed E-state index contributed by atoms with van der Waals surface area (Å²) in [6.45, 7) is 8.85. The number of benzene rings is 1. The molecule has 0 saturated heterocycles. The Morgan fingerprint density at radius 1 is 1.25 bits per heavy atom. The molecule has 0 heterocycles. The zero-order valence-corrected chi connectivity index (χ0v) is 10.6. The van der Waals surface area contributed by atoms with E-state index in [1.165, 1.54) is 16.7 Å². The SMILES string of the molecule is Cc1cccc(C)c1C(COC(C)C)NN. The first-order valence-corrected chi connectivity index (χ1v) is 5.70. The van der Waals surface area contributed by atoms with Gasteiger partial charge < -0.3 is 4.74 Å². The highest BCUT2D eigenvalue weighted by atomic mass is 16.5. The lowest BCUT2D eigenvalue weighted by molar-refractivity contribution is 0.0609. The van der Waals surface area contributed by atoms with Gasteiger partial charge in [-0.2, -0.15) is 0 Å². The highest BCUT2D eigenvalue weighted by Crippen LogP contribution is 2.21. The molecule has 0 amide bonds. The van der Waals surface area contributed by atoms with Crippen LogP contribution < -0.4 is 11.3 Å². The summed E-state index contributed by atoms with van der Waals surface area (Å²) in [5.41, 5.74) is 6.56. The molecule has 1 rings (SSSR count). The lowest BCUT2D eigenvalue weighted by Crippen LogP contribution is -2.33. The van der Waals surface area contributed by atoms with E-state index in [2.05, 4.69) is 37.5 Å². The minimum Gasteiger partial charge on any atom is -0.377 e. The number of hydrogen-bond acceptors (Lipinski definition) is 3. The quantitative estimate of drug-likeness (QED) is 0.593. The Morgan fingerprint density at radius 2 is 1.81 bits per heavy atom. The summed E-state index contributed by atoms with van der Waals surface area (Å²) in [5, 5.41) is 0. The molecule has 0 radical (unpaired) electrons. The molecule has 0 aliphatic heterocycles. The summed E-state index contributed by atoms with van der Waals surface area (Å²) in [7, 11) is 0. The van der Waals surface area contributed by atoms with Crippen LogP contribution in [0.2, 0.25) is 0 Å². The summed E-state index contributed by atoms with van der Waals surface area (Å²) >= 11 is 0. The third kappa shape index (κ3) is 3.30. The normalized spacial score (nSPS) is 13.1. The second-order valence-electron chi connectivity index (χ2n) is 4.41. The summed E-state index contributed by atoms with van der Waals surface area (Å²) in [6.07, 6.45) is 0.222. The third-order valence-corrected chi connectivity index (χ3v) is 2.69. The summed E-state index contributed by atoms with van der Waals surface area (Å²) in [5.74, 6) is 5.60. The van der Waals surface area contributed by atoms with Gasteiger partial charge in [0.1, 0.15) is 0 Å². The first kappa shape index (κ1) is 13.2. The van der Waals surface area contributed by atoms with Crippen molar-refractivity contribution in [1.82, 2.24) is 5.43 Å². The maximum atomic E-state index is 5.62. The van der Waals surface area contributed by atoms with Crippen molar-refractivity contribution in [3.63, 3.8) is 0 Å². The van der Waals surface area contributed by atoms with Crippen LogP contribution in [0.25, 0.3) is 0 Å². The van der Waals surface area contributed by atoms with Gasteiger partial charge in [0, 0.05) is 0 Å². The second-order valence-corrected chi connectivity index (χ2v) is 4.41. The monoisotopic (exact) mass is 222 g/mol. The highest BCUT2D eigenvalue weighted by molar-refractivity contribution is 5.36. The highest BCUT2D eigenvalue weighted by Gasteiger charge is 2.15. The molecule has 1 aromatic carbocycles. The van der Waals surface area contributed by atoms with Crippen LogP contribution in [0.1, 0.15) is 36.6 Å². The fourth-order valence-corrected chi connectivity index (χ4v) is 1.88. The van der Waals surface area contributed by atoms with Gasteiger partial charge in [-0.05, 0) is 44.4 Å². The average Bonchev–Trinajstić information content (AvgIpc) is 2.22. The minimum absolute atomic E-state index is 0.0589. The lowest BCUT2D eigenvalue weighted by Gasteiger charge is -2.21. The Morgan fingerprint density at radius 3 is 2.25 bits per heavy atom. The summed E-state index contributed by atoms with van der Waals surface area (Å²) < 4.78 is 5.62. The van der Waals surface area contributed by atoms with E-state index in [0.717, 1.165) is 0 Å². The maximum Gasteiger partial charge on any atom is 0.0699 e. The molecule has 3 heteroatoms. The van der Waals surface area contributed by atoms with E-state index < -0.39 is 0 Å². The number of aryl methyl sites for hydroxylation is 2. The van der Waals surface area contributed by atoms with Gasteiger partial charge in [0.2, 0.25) is 0 Å². The van der Waals surface area contributed by atoms with Crippen LogP contribution in [0.15, 0.2) is 18.2 Å². The van der Waals surface area contributed by atoms with E-state index in [-0.39, 0.29) is 12.1 Å². The fourth-order valence-electron chi connectivity index (χ4n) is 1.88. The van der Waals surface area contributed by atoms with E-state index in [1.54, 1.807) is 0 Å². The van der Waals surface area contributed by atoms with Crippen molar-refractivity contribution in [3.8, 4) is 0 Å². The van der Waals surface area contributed by atoms with Crippen molar-refractivity contribution in [2.45, 2.75) is 39.8 Å². The van der Waals surface area contributed by atoms with Crippen molar-refractivity contribution in [2.24, 2.45) is 5.84 Å². The number of hydrogen-bond donors (Lipinski definition) is 2. The largest absolute Gasteiger partial charge is 0.377 e. The molecule has 0 aromatic heterocycles. The lowest BCUT2D eigenvalue weighted by atomic mass is 9.97. The number of rotatable bonds is 5. The van der Waals surface area contributed by atoms with Crippen LogP contribution in [-0.2, 0) is 4.74 Å². The standard InChI is InChI=1S/C13H22N2O/c1-9(2)16-8-12(15-14)13-10(3)6-5-7-11(13)4/h5-7,9,12,15H,8,14H2,1-4H3. The van der Waals surface area contributed by atoms with Gasteiger partial charge in [-0.1, -0.05) is 18.2 Å². The first-order valence-electron chi connectivity index (χ1n) is 5.70. The number of hydrazine groups is 1. The molecule has 16 heavy (non-hydrogen) atoms. The smallest absolute Gasteiger partial charge is 0.0699 e. The van der Waals surface area contributed by atoms with Gasteiger partial charge >= 0.3 is 0 Å². The molecular formula is C13H22N2O. The van der Waals surface area contributed by atoms with Gasteiger partial charge in [0.05, 0.1) is 18.8 Å². The van der Waals surface area contributed by atoms with E-state index in [1.807, 2.05) is 13.8 Å². The van der Waals surface area contributed by atoms with Gasteiger partial charge in [-0.3, -0.25) is 11.3 Å². The number of nitrogens with one attached hydrogen (secondary N) is 1. The first-order chi connectivity index (χ1) is 7.56. The zero-order valence-electron chi connectivity index (χ0n) is 10.6. The summed E-state index contributed by atoms with van der Waals surface area (Å²) in [6, 6.07) is 6.32. The van der Waals surface area contributed by atoms with Crippen molar-refractivity contribution >= 4 is 0 Å². The van der Waals surface area contributed by atoms with Gasteiger partial charge in [-0.15, -0.1) is 0 Å². The maximum absolute atomic E-state index is 5.62. The van der Waals surface area contributed by atoms with Crippen LogP contribution >= 0.6 is 0 Å². The Kier molecular flexibility index (Phi) is 4.93. The Balaban J connectivity index is 2.86. The molecular weight excluding hydrogens is 200 g/mol. The molecule has 0 bridgehead atoms. The van der Waals surface area contributed by atoms with Crippen LogP contribution in [0.3, 0.4) is 0 Å². The van der Waals surface area contributed by atoms with E-state index in [4.69, 9.17) is 10.6 Å². The molecule has 0 aliphatic carbocycles. The van der Waals surface area contributed by atoms with E-state index in [9.17, 15) is 0 Å². The van der Waals surface area contributed by atoms with Crippen molar-refractivity contribution < 1.29 is 4.74 Å². The van der Waals surface area contributed by atoms with Gasteiger partial charge in [0.15, 0.2) is 0 Å². The van der Waals surface area contributed by atoms with Crippen LogP contribution in [0, 0.1) is 13.8 Å². The summed E-state index contributed by atoms with van der Waals surface area (Å²) in [4.78, 5) is 0. The molecule has 1 atom stereocenters. The van der Waals surface area contributed by atoms with Crippen LogP contribution in [0.4, 0.5) is 0 Å². The molecule has 0 spiro atoms. The third-order valence-electron chi connectivity index (χ3n) is 2.69. The second kappa shape index (κ2) is 5.99. The van der Waals surface area contributed by atoms with Crippen LogP contribution in [0.5, 0.6) is 0 Å². The number of ether oxygens (including phenoxy) is 1. The predicted molar refractivity (Wildman–Crippen MR) is 67.1 cm³/mol. The zero-order chi connectivity index (χ0) is 12.1. The van der Waals surface area contributed by atoms with Crippen molar-refractivity contribution in [1.29, 1.82) is 0 Å². The Hall–Kier alpha value is -0.900. The van der Waals surface area contributed by atoms with Gasteiger partial charge in [-0.25, -0.2) is 0 Å². The van der Waals surface area contributed by atoms with Crippen molar-refractivity contribution in [3.05, 3.63) is 34.9 Å². The molecule has 0 aliphatic rings.